The number of carbonyl (C=O) groups excluding carboxylic acids is 1. The fourth-order valence-electron chi connectivity index (χ4n) is 2.55. The molecule has 0 saturated heterocycles. The quantitative estimate of drug-likeness (QED) is 0.812. The lowest BCUT2D eigenvalue weighted by Crippen LogP contribution is -2.28. The number of halogens is 1. The van der Waals surface area contributed by atoms with Gasteiger partial charge in [-0.05, 0) is 37.6 Å². The highest BCUT2D eigenvalue weighted by atomic mass is 79.9. The van der Waals surface area contributed by atoms with Crippen molar-refractivity contribution in [3.8, 4) is 0 Å². The molecule has 7 heteroatoms. The molecule has 23 heavy (non-hydrogen) atoms. The molecule has 1 amide bonds. The second-order valence-corrected chi connectivity index (χ2v) is 7.48. The van der Waals surface area contributed by atoms with Gasteiger partial charge in [-0.2, -0.15) is 0 Å². The maximum absolute atomic E-state index is 12.3. The van der Waals surface area contributed by atoms with E-state index in [9.17, 15) is 9.59 Å². The molecule has 0 radical (unpaired) electrons. The van der Waals surface area contributed by atoms with Crippen LogP contribution in [0.25, 0.3) is 0 Å². The van der Waals surface area contributed by atoms with Gasteiger partial charge < -0.3 is 5.32 Å². The highest BCUT2D eigenvalue weighted by Crippen LogP contribution is 2.32. The lowest BCUT2D eigenvalue weighted by molar-refractivity contribution is -0.116. The number of benzene rings is 1. The van der Waals surface area contributed by atoms with Crippen LogP contribution in [0.1, 0.15) is 23.6 Å². The molecular weight excluding hydrogens is 378 g/mol. The third-order valence-corrected chi connectivity index (χ3v) is 5.39. The van der Waals surface area contributed by atoms with Gasteiger partial charge in [0.15, 0.2) is 5.16 Å². The summed E-state index contributed by atoms with van der Waals surface area (Å²) in [6, 6.07) is 5.56. The monoisotopic (exact) mass is 393 g/mol. The van der Waals surface area contributed by atoms with Gasteiger partial charge in [-0.25, -0.2) is 4.98 Å². The number of aryl methyl sites for hydroxylation is 2. The molecule has 0 saturated carbocycles. The Kier molecular flexibility index (Phi) is 4.59. The standard InChI is InChI=1S/C16H16BrN3O2S/c1-9-5-11(17)3-4-13(9)19-14(21)6-12-8-23-16-18-7-10(2)15(22)20(12)16/h3-5,7,12H,6,8H2,1-2H3,(H,19,21). The van der Waals surface area contributed by atoms with E-state index in [2.05, 4.69) is 26.2 Å². The van der Waals surface area contributed by atoms with Gasteiger partial charge in [-0.15, -0.1) is 0 Å². The highest BCUT2D eigenvalue weighted by molar-refractivity contribution is 9.10. The van der Waals surface area contributed by atoms with Crippen molar-refractivity contribution in [2.75, 3.05) is 11.1 Å². The number of carbonyl (C=O) groups is 1. The maximum Gasteiger partial charge on any atom is 0.257 e. The van der Waals surface area contributed by atoms with E-state index in [-0.39, 0.29) is 23.9 Å². The van der Waals surface area contributed by atoms with Crippen LogP contribution in [0.3, 0.4) is 0 Å². The lowest BCUT2D eigenvalue weighted by atomic mass is 10.1. The number of hydrogen-bond donors (Lipinski definition) is 1. The Labute approximate surface area is 146 Å². The smallest absolute Gasteiger partial charge is 0.257 e. The Balaban J connectivity index is 1.76. The number of anilines is 1. The van der Waals surface area contributed by atoms with Gasteiger partial charge in [0.25, 0.3) is 5.56 Å². The zero-order valence-corrected chi connectivity index (χ0v) is 15.2. The van der Waals surface area contributed by atoms with E-state index in [4.69, 9.17) is 0 Å². The predicted molar refractivity (Wildman–Crippen MR) is 95.1 cm³/mol. The number of amides is 1. The van der Waals surface area contributed by atoms with Crippen molar-refractivity contribution in [1.82, 2.24) is 9.55 Å². The van der Waals surface area contributed by atoms with E-state index in [0.717, 1.165) is 15.7 Å². The zero-order chi connectivity index (χ0) is 16.6. The fraction of sp³-hybridized carbons (Fsp3) is 0.312. The van der Waals surface area contributed by atoms with Crippen molar-refractivity contribution in [2.24, 2.45) is 0 Å². The van der Waals surface area contributed by atoms with E-state index in [1.165, 1.54) is 11.8 Å². The first-order chi connectivity index (χ1) is 11.0. The highest BCUT2D eigenvalue weighted by Gasteiger charge is 2.27. The number of thioether (sulfide) groups is 1. The molecular formula is C16H16BrN3O2S. The minimum Gasteiger partial charge on any atom is -0.326 e. The SMILES string of the molecule is Cc1cc(Br)ccc1NC(=O)CC1CSc2ncc(C)c(=O)n21. The number of fused-ring (bicyclic) bond motifs is 1. The van der Waals surface area contributed by atoms with E-state index < -0.39 is 0 Å². The number of nitrogens with zero attached hydrogens (tertiary/aromatic N) is 2. The zero-order valence-electron chi connectivity index (χ0n) is 12.8. The normalized spacial score (nSPS) is 16.2. The van der Waals surface area contributed by atoms with Crippen molar-refractivity contribution < 1.29 is 4.79 Å². The Bertz CT molecular complexity index is 835. The van der Waals surface area contributed by atoms with E-state index >= 15 is 0 Å². The average molecular weight is 394 g/mol. The van der Waals surface area contributed by atoms with Crippen LogP contribution in [0.4, 0.5) is 5.69 Å². The summed E-state index contributed by atoms with van der Waals surface area (Å²) in [6.07, 6.45) is 1.86. The summed E-state index contributed by atoms with van der Waals surface area (Å²) in [7, 11) is 0. The summed E-state index contributed by atoms with van der Waals surface area (Å²) in [5.41, 5.74) is 2.32. The molecule has 1 atom stereocenters. The topological polar surface area (TPSA) is 64.0 Å². The molecule has 0 aliphatic carbocycles. The van der Waals surface area contributed by atoms with Crippen LogP contribution < -0.4 is 10.9 Å². The van der Waals surface area contributed by atoms with Crippen LogP contribution in [-0.2, 0) is 4.79 Å². The van der Waals surface area contributed by atoms with Gasteiger partial charge in [0.05, 0.1) is 6.04 Å². The summed E-state index contributed by atoms with van der Waals surface area (Å²) in [5.74, 6) is 0.598. The molecule has 2 heterocycles. The molecule has 1 aromatic heterocycles. The molecule has 2 aromatic rings. The Hall–Kier alpha value is -1.60. The van der Waals surface area contributed by atoms with Gasteiger partial charge in [0, 0.05) is 34.1 Å². The molecule has 5 nitrogen and oxygen atoms in total. The molecule has 1 N–H and O–H groups in total. The van der Waals surface area contributed by atoms with Crippen LogP contribution in [0.2, 0.25) is 0 Å². The fourth-order valence-corrected chi connectivity index (χ4v) is 4.14. The molecule has 1 unspecified atom stereocenters. The third-order valence-electron chi connectivity index (χ3n) is 3.78. The number of aromatic nitrogens is 2. The van der Waals surface area contributed by atoms with Crippen molar-refractivity contribution >= 4 is 39.3 Å². The Morgan fingerprint density at radius 1 is 1.43 bits per heavy atom. The molecule has 0 spiro atoms. The largest absolute Gasteiger partial charge is 0.326 e. The molecule has 1 aliphatic heterocycles. The Morgan fingerprint density at radius 2 is 2.22 bits per heavy atom. The van der Waals surface area contributed by atoms with Crippen LogP contribution in [0.15, 0.2) is 38.8 Å². The number of nitrogens with one attached hydrogen (secondary N) is 1. The molecule has 1 aliphatic rings. The molecule has 0 bridgehead atoms. The summed E-state index contributed by atoms with van der Waals surface area (Å²) in [6.45, 7) is 3.69. The van der Waals surface area contributed by atoms with Crippen LogP contribution in [-0.4, -0.2) is 21.2 Å². The maximum atomic E-state index is 12.3. The number of hydrogen-bond acceptors (Lipinski definition) is 4. The van der Waals surface area contributed by atoms with Crippen molar-refractivity contribution in [2.45, 2.75) is 31.5 Å². The first-order valence-electron chi connectivity index (χ1n) is 7.22. The van der Waals surface area contributed by atoms with Gasteiger partial charge >= 0.3 is 0 Å². The minimum atomic E-state index is -0.148. The second kappa shape index (κ2) is 6.49. The molecule has 3 rings (SSSR count). The first kappa shape index (κ1) is 16.3. The minimum absolute atomic E-state index is 0.0578. The summed E-state index contributed by atoms with van der Waals surface area (Å²) < 4.78 is 2.62. The average Bonchev–Trinajstić information content (AvgIpc) is 2.89. The summed E-state index contributed by atoms with van der Waals surface area (Å²) in [5, 5.41) is 3.62. The second-order valence-electron chi connectivity index (χ2n) is 5.58. The lowest BCUT2D eigenvalue weighted by Gasteiger charge is -2.14. The molecule has 0 fully saturated rings. The van der Waals surface area contributed by atoms with Gasteiger partial charge in [-0.1, -0.05) is 27.7 Å². The van der Waals surface area contributed by atoms with E-state index in [0.29, 0.717) is 16.5 Å². The van der Waals surface area contributed by atoms with Crippen LogP contribution >= 0.6 is 27.7 Å². The van der Waals surface area contributed by atoms with Crippen LogP contribution in [0.5, 0.6) is 0 Å². The van der Waals surface area contributed by atoms with Gasteiger partial charge in [0.1, 0.15) is 0 Å². The molecule has 120 valence electrons. The first-order valence-corrected chi connectivity index (χ1v) is 9.00. The summed E-state index contributed by atoms with van der Waals surface area (Å²) >= 11 is 4.92. The van der Waals surface area contributed by atoms with Gasteiger partial charge in [0.2, 0.25) is 5.91 Å². The third kappa shape index (κ3) is 3.35. The van der Waals surface area contributed by atoms with Crippen molar-refractivity contribution in [1.29, 1.82) is 0 Å². The van der Waals surface area contributed by atoms with Gasteiger partial charge in [-0.3, -0.25) is 14.2 Å². The van der Waals surface area contributed by atoms with Crippen molar-refractivity contribution in [3.05, 3.63) is 50.3 Å². The summed E-state index contributed by atoms with van der Waals surface area (Å²) in [4.78, 5) is 28.9. The molecule has 1 aromatic carbocycles. The predicted octanol–water partition coefficient (Wildman–Crippen LogP) is 3.30. The van der Waals surface area contributed by atoms with Crippen LogP contribution in [0, 0.1) is 13.8 Å². The Morgan fingerprint density at radius 3 is 2.96 bits per heavy atom. The number of rotatable bonds is 3. The van der Waals surface area contributed by atoms with E-state index in [1.807, 2.05) is 25.1 Å². The van der Waals surface area contributed by atoms with Crippen molar-refractivity contribution in [3.63, 3.8) is 0 Å². The van der Waals surface area contributed by atoms with E-state index in [1.54, 1.807) is 17.7 Å².